The number of rotatable bonds is 2. The molecule has 0 spiro atoms. The zero-order valence-corrected chi connectivity index (χ0v) is 6.53. The predicted octanol–water partition coefficient (Wildman–Crippen LogP) is -0.435. The molecule has 5 nitrogen and oxygen atoms in total. The molecule has 0 aliphatic heterocycles. The Bertz CT molecular complexity index is 255. The number of amides is 1. The average molecular weight is 154 g/mol. The lowest BCUT2D eigenvalue weighted by atomic mass is 10.4. The number of nitrogens with zero attached hydrogens (tertiary/aromatic N) is 3. The second kappa shape index (κ2) is 3.14. The summed E-state index contributed by atoms with van der Waals surface area (Å²) in [6.45, 7) is 2.48. The van der Waals surface area contributed by atoms with Gasteiger partial charge >= 0.3 is 0 Å². The minimum Gasteiger partial charge on any atom is -0.351 e. The van der Waals surface area contributed by atoms with Crippen LogP contribution in [0.5, 0.6) is 0 Å². The first-order valence-electron chi connectivity index (χ1n) is 3.38. The fourth-order valence-electron chi connectivity index (χ4n) is 0.746. The summed E-state index contributed by atoms with van der Waals surface area (Å²) < 4.78 is 1.44. The van der Waals surface area contributed by atoms with Gasteiger partial charge in [0.1, 0.15) is 5.69 Å². The molecule has 0 unspecified atom stereocenters. The Morgan fingerprint density at radius 1 is 1.82 bits per heavy atom. The summed E-state index contributed by atoms with van der Waals surface area (Å²) in [6, 6.07) is 0. The highest BCUT2D eigenvalue weighted by Gasteiger charge is 2.07. The molecule has 1 N–H and O–H groups in total. The molecule has 1 aromatic rings. The molecule has 0 radical (unpaired) electrons. The van der Waals surface area contributed by atoms with E-state index in [4.69, 9.17) is 0 Å². The Hall–Kier alpha value is -1.39. The van der Waals surface area contributed by atoms with Crippen molar-refractivity contribution in [3.63, 3.8) is 0 Å². The number of hydrogen-bond donors (Lipinski definition) is 1. The van der Waals surface area contributed by atoms with Crippen molar-refractivity contribution in [1.29, 1.82) is 0 Å². The van der Waals surface area contributed by atoms with Gasteiger partial charge in [-0.2, -0.15) is 0 Å². The lowest BCUT2D eigenvalue weighted by Gasteiger charge is -1.99. The zero-order valence-electron chi connectivity index (χ0n) is 6.53. The standard InChI is InChI=1S/C6H10N4O/c1-3-7-6(11)5-4-8-9-10(5)2/h4H,3H2,1-2H3,(H,7,11). The maximum absolute atomic E-state index is 11.1. The Kier molecular flexibility index (Phi) is 2.20. The van der Waals surface area contributed by atoms with Crippen molar-refractivity contribution in [2.75, 3.05) is 6.54 Å². The van der Waals surface area contributed by atoms with Crippen LogP contribution in [-0.2, 0) is 7.05 Å². The molecule has 5 heteroatoms. The van der Waals surface area contributed by atoms with Crippen LogP contribution in [0.15, 0.2) is 6.20 Å². The monoisotopic (exact) mass is 154 g/mol. The SMILES string of the molecule is CCNC(=O)c1cnnn1C. The van der Waals surface area contributed by atoms with Crippen LogP contribution < -0.4 is 5.32 Å². The van der Waals surface area contributed by atoms with Gasteiger partial charge in [0.15, 0.2) is 0 Å². The molecular weight excluding hydrogens is 144 g/mol. The van der Waals surface area contributed by atoms with Gasteiger partial charge in [0.05, 0.1) is 6.20 Å². The molecule has 0 aromatic carbocycles. The van der Waals surface area contributed by atoms with Crippen molar-refractivity contribution in [1.82, 2.24) is 20.3 Å². The van der Waals surface area contributed by atoms with Gasteiger partial charge in [0.2, 0.25) is 0 Å². The fourth-order valence-corrected chi connectivity index (χ4v) is 0.746. The second-order valence-electron chi connectivity index (χ2n) is 2.10. The minimum atomic E-state index is -0.139. The summed E-state index contributed by atoms with van der Waals surface area (Å²) in [5.74, 6) is -0.139. The lowest BCUT2D eigenvalue weighted by molar-refractivity contribution is 0.0946. The zero-order chi connectivity index (χ0) is 8.27. The molecule has 0 saturated carbocycles. The van der Waals surface area contributed by atoms with Crippen LogP contribution in [0, 0.1) is 0 Å². The molecule has 1 heterocycles. The number of carbonyl (C=O) groups excluding carboxylic acids is 1. The van der Waals surface area contributed by atoms with Gasteiger partial charge in [-0.3, -0.25) is 4.79 Å². The maximum Gasteiger partial charge on any atom is 0.271 e. The second-order valence-corrected chi connectivity index (χ2v) is 2.10. The predicted molar refractivity (Wildman–Crippen MR) is 39.0 cm³/mol. The number of aryl methyl sites for hydroxylation is 1. The molecule has 0 aliphatic rings. The third-order valence-corrected chi connectivity index (χ3v) is 1.28. The van der Waals surface area contributed by atoms with Gasteiger partial charge in [0.25, 0.3) is 5.91 Å². The van der Waals surface area contributed by atoms with E-state index >= 15 is 0 Å². The van der Waals surface area contributed by atoms with Crippen LogP contribution in [0.3, 0.4) is 0 Å². The van der Waals surface area contributed by atoms with E-state index in [2.05, 4.69) is 15.6 Å². The van der Waals surface area contributed by atoms with Gasteiger partial charge in [0, 0.05) is 13.6 Å². The fraction of sp³-hybridized carbons (Fsp3) is 0.500. The van der Waals surface area contributed by atoms with Crippen LogP contribution >= 0.6 is 0 Å². The Morgan fingerprint density at radius 3 is 3.00 bits per heavy atom. The average Bonchev–Trinajstić information content (AvgIpc) is 2.36. The summed E-state index contributed by atoms with van der Waals surface area (Å²) in [7, 11) is 1.68. The summed E-state index contributed by atoms with van der Waals surface area (Å²) in [5, 5.41) is 9.85. The Labute approximate surface area is 64.4 Å². The van der Waals surface area contributed by atoms with E-state index in [9.17, 15) is 4.79 Å². The minimum absolute atomic E-state index is 0.139. The van der Waals surface area contributed by atoms with Crippen molar-refractivity contribution < 1.29 is 4.79 Å². The Balaban J connectivity index is 2.76. The van der Waals surface area contributed by atoms with E-state index in [-0.39, 0.29) is 5.91 Å². The topological polar surface area (TPSA) is 59.8 Å². The lowest BCUT2D eigenvalue weighted by Crippen LogP contribution is -2.24. The van der Waals surface area contributed by atoms with Gasteiger partial charge in [-0.25, -0.2) is 4.68 Å². The van der Waals surface area contributed by atoms with E-state index in [0.29, 0.717) is 12.2 Å². The molecule has 0 atom stereocenters. The molecular formula is C6H10N4O. The smallest absolute Gasteiger partial charge is 0.271 e. The summed E-state index contributed by atoms with van der Waals surface area (Å²) in [4.78, 5) is 11.1. The molecule has 60 valence electrons. The van der Waals surface area contributed by atoms with E-state index in [1.165, 1.54) is 10.9 Å². The highest BCUT2D eigenvalue weighted by molar-refractivity contribution is 5.92. The van der Waals surface area contributed by atoms with Crippen molar-refractivity contribution in [3.8, 4) is 0 Å². The summed E-state index contributed by atoms with van der Waals surface area (Å²) in [5.41, 5.74) is 0.479. The highest BCUT2D eigenvalue weighted by atomic mass is 16.2. The molecule has 1 rings (SSSR count). The van der Waals surface area contributed by atoms with Crippen molar-refractivity contribution >= 4 is 5.91 Å². The molecule has 1 aromatic heterocycles. The van der Waals surface area contributed by atoms with E-state index in [1.807, 2.05) is 6.92 Å². The Morgan fingerprint density at radius 2 is 2.55 bits per heavy atom. The van der Waals surface area contributed by atoms with Crippen LogP contribution in [0.2, 0.25) is 0 Å². The first-order valence-corrected chi connectivity index (χ1v) is 3.38. The van der Waals surface area contributed by atoms with Crippen molar-refractivity contribution in [2.24, 2.45) is 7.05 Å². The third-order valence-electron chi connectivity index (χ3n) is 1.28. The highest BCUT2D eigenvalue weighted by Crippen LogP contribution is 1.91. The normalized spacial score (nSPS) is 9.64. The molecule has 0 bridgehead atoms. The number of nitrogens with one attached hydrogen (secondary N) is 1. The van der Waals surface area contributed by atoms with Crippen molar-refractivity contribution in [2.45, 2.75) is 6.92 Å². The first kappa shape index (κ1) is 7.71. The van der Waals surface area contributed by atoms with E-state index < -0.39 is 0 Å². The molecule has 11 heavy (non-hydrogen) atoms. The number of aromatic nitrogens is 3. The maximum atomic E-state index is 11.1. The largest absolute Gasteiger partial charge is 0.351 e. The quantitative estimate of drug-likeness (QED) is 0.628. The molecule has 0 saturated heterocycles. The molecule has 0 fully saturated rings. The van der Waals surface area contributed by atoms with Crippen LogP contribution in [0.4, 0.5) is 0 Å². The number of carbonyl (C=O) groups is 1. The third kappa shape index (κ3) is 1.54. The summed E-state index contributed by atoms with van der Waals surface area (Å²) in [6.07, 6.45) is 1.44. The van der Waals surface area contributed by atoms with Gasteiger partial charge in [-0.1, -0.05) is 5.21 Å². The van der Waals surface area contributed by atoms with Crippen LogP contribution in [0.1, 0.15) is 17.4 Å². The summed E-state index contributed by atoms with van der Waals surface area (Å²) >= 11 is 0. The first-order chi connectivity index (χ1) is 5.25. The van der Waals surface area contributed by atoms with Crippen molar-refractivity contribution in [3.05, 3.63) is 11.9 Å². The molecule has 0 aliphatic carbocycles. The van der Waals surface area contributed by atoms with E-state index in [0.717, 1.165) is 0 Å². The number of hydrogen-bond acceptors (Lipinski definition) is 3. The van der Waals surface area contributed by atoms with Gasteiger partial charge < -0.3 is 5.32 Å². The van der Waals surface area contributed by atoms with Gasteiger partial charge in [-0.15, -0.1) is 5.10 Å². The molecule has 1 amide bonds. The van der Waals surface area contributed by atoms with Crippen LogP contribution in [0.25, 0.3) is 0 Å². The van der Waals surface area contributed by atoms with E-state index in [1.54, 1.807) is 7.05 Å². The van der Waals surface area contributed by atoms with Gasteiger partial charge in [-0.05, 0) is 6.92 Å². The van der Waals surface area contributed by atoms with Crippen LogP contribution in [-0.4, -0.2) is 27.4 Å².